The number of methoxy groups -OCH3 is 2. The number of carbonyl (C=O) groups excluding carboxylic acids is 1. The summed E-state index contributed by atoms with van der Waals surface area (Å²) < 4.78 is 10.5. The van der Waals surface area contributed by atoms with E-state index in [0.29, 0.717) is 28.3 Å². The number of aromatic nitrogens is 3. The Balaban J connectivity index is 1.75. The Morgan fingerprint density at radius 2 is 1.78 bits per heavy atom. The molecule has 2 heterocycles. The Labute approximate surface area is 160 Å². The first-order chi connectivity index (χ1) is 13.0. The van der Waals surface area contributed by atoms with Crippen molar-refractivity contribution in [2.24, 2.45) is 0 Å². The first kappa shape index (κ1) is 18.6. The largest absolute Gasteiger partial charge is 0.497 e. The molecular formula is C18H19N5O3S. The minimum absolute atomic E-state index is 0.275. The van der Waals surface area contributed by atoms with Gasteiger partial charge >= 0.3 is 0 Å². The molecule has 0 saturated heterocycles. The molecule has 1 amide bonds. The predicted molar refractivity (Wildman–Crippen MR) is 104 cm³/mol. The van der Waals surface area contributed by atoms with Crippen LogP contribution in [0, 0.1) is 13.8 Å². The molecule has 2 aromatic heterocycles. The first-order valence-electron chi connectivity index (χ1n) is 8.06. The molecule has 27 heavy (non-hydrogen) atoms. The maximum absolute atomic E-state index is 12.5. The maximum Gasteiger partial charge on any atom is 0.275 e. The lowest BCUT2D eigenvalue weighted by atomic mass is 10.2. The van der Waals surface area contributed by atoms with Gasteiger partial charge < -0.3 is 20.1 Å². The summed E-state index contributed by atoms with van der Waals surface area (Å²) in [4.78, 5) is 25.4. The Morgan fingerprint density at radius 3 is 2.44 bits per heavy atom. The monoisotopic (exact) mass is 385 g/mol. The number of thiazole rings is 1. The zero-order valence-electron chi connectivity index (χ0n) is 15.4. The molecule has 3 aromatic rings. The topological polar surface area (TPSA) is 98.3 Å². The number of anilines is 3. The van der Waals surface area contributed by atoms with Crippen LogP contribution in [0.2, 0.25) is 0 Å². The van der Waals surface area contributed by atoms with E-state index in [9.17, 15) is 4.79 Å². The van der Waals surface area contributed by atoms with Gasteiger partial charge in [-0.25, -0.2) is 15.0 Å². The van der Waals surface area contributed by atoms with Crippen LogP contribution < -0.4 is 20.1 Å². The van der Waals surface area contributed by atoms with Crippen LogP contribution in [0.25, 0.3) is 0 Å². The van der Waals surface area contributed by atoms with Gasteiger partial charge in [0.25, 0.3) is 5.91 Å². The van der Waals surface area contributed by atoms with Gasteiger partial charge in [-0.2, -0.15) is 0 Å². The van der Waals surface area contributed by atoms with Gasteiger partial charge in [-0.3, -0.25) is 4.79 Å². The molecule has 0 unspecified atom stereocenters. The third-order valence-electron chi connectivity index (χ3n) is 3.59. The second-order valence-electron chi connectivity index (χ2n) is 5.66. The number of hydrogen-bond acceptors (Lipinski definition) is 8. The Morgan fingerprint density at radius 1 is 1.04 bits per heavy atom. The van der Waals surface area contributed by atoms with Crippen LogP contribution in [0.3, 0.4) is 0 Å². The molecule has 140 valence electrons. The SMILES string of the molecule is COc1ccc(OC)c(NC(=O)c2csc(Nc3nc(C)cc(C)n3)n2)c1. The quantitative estimate of drug-likeness (QED) is 0.669. The number of rotatable bonds is 6. The van der Waals surface area contributed by atoms with Gasteiger partial charge in [0.1, 0.15) is 17.2 Å². The van der Waals surface area contributed by atoms with Crippen molar-refractivity contribution in [1.29, 1.82) is 0 Å². The molecule has 0 atom stereocenters. The fraction of sp³-hybridized carbons (Fsp3) is 0.222. The fourth-order valence-electron chi connectivity index (χ4n) is 2.41. The van der Waals surface area contributed by atoms with E-state index in [0.717, 1.165) is 11.4 Å². The lowest BCUT2D eigenvalue weighted by Crippen LogP contribution is -2.13. The molecule has 0 aliphatic heterocycles. The number of ether oxygens (including phenoxy) is 2. The molecule has 0 spiro atoms. The molecule has 0 saturated carbocycles. The molecule has 2 N–H and O–H groups in total. The lowest BCUT2D eigenvalue weighted by Gasteiger charge is -2.10. The molecule has 3 rings (SSSR count). The van der Waals surface area contributed by atoms with Crippen molar-refractivity contribution >= 4 is 34.0 Å². The number of aryl methyl sites for hydroxylation is 2. The average Bonchev–Trinajstić information content (AvgIpc) is 3.09. The molecular weight excluding hydrogens is 366 g/mol. The van der Waals surface area contributed by atoms with E-state index in [1.807, 2.05) is 19.9 Å². The molecule has 0 radical (unpaired) electrons. The summed E-state index contributed by atoms with van der Waals surface area (Å²) in [5.41, 5.74) is 2.48. The molecule has 0 bridgehead atoms. The number of nitrogens with zero attached hydrogens (tertiary/aromatic N) is 3. The highest BCUT2D eigenvalue weighted by atomic mass is 32.1. The summed E-state index contributed by atoms with van der Waals surface area (Å²) in [7, 11) is 3.09. The summed E-state index contributed by atoms with van der Waals surface area (Å²) in [5.74, 6) is 1.23. The van der Waals surface area contributed by atoms with Gasteiger partial charge in [-0.05, 0) is 32.0 Å². The minimum Gasteiger partial charge on any atom is -0.497 e. The minimum atomic E-state index is -0.354. The number of benzene rings is 1. The number of carbonyl (C=O) groups is 1. The highest BCUT2D eigenvalue weighted by molar-refractivity contribution is 7.14. The van der Waals surface area contributed by atoms with Gasteiger partial charge in [-0.1, -0.05) is 0 Å². The molecule has 0 fully saturated rings. The Hall–Kier alpha value is -3.20. The van der Waals surface area contributed by atoms with E-state index < -0.39 is 0 Å². The zero-order valence-corrected chi connectivity index (χ0v) is 16.2. The van der Waals surface area contributed by atoms with Gasteiger partial charge in [0, 0.05) is 22.8 Å². The lowest BCUT2D eigenvalue weighted by molar-refractivity contribution is 0.102. The number of nitrogens with one attached hydrogen (secondary N) is 2. The van der Waals surface area contributed by atoms with E-state index in [1.54, 1.807) is 30.7 Å². The highest BCUT2D eigenvalue weighted by Crippen LogP contribution is 2.29. The smallest absolute Gasteiger partial charge is 0.275 e. The summed E-state index contributed by atoms with van der Waals surface area (Å²) in [6.45, 7) is 3.78. The summed E-state index contributed by atoms with van der Waals surface area (Å²) >= 11 is 1.29. The number of hydrogen-bond donors (Lipinski definition) is 2. The van der Waals surface area contributed by atoms with E-state index in [-0.39, 0.29) is 11.6 Å². The Bertz CT molecular complexity index is 953. The number of amides is 1. The van der Waals surface area contributed by atoms with Crippen LogP contribution in [-0.4, -0.2) is 35.1 Å². The van der Waals surface area contributed by atoms with E-state index >= 15 is 0 Å². The molecule has 0 aliphatic carbocycles. The normalized spacial score (nSPS) is 10.4. The first-order valence-corrected chi connectivity index (χ1v) is 8.94. The van der Waals surface area contributed by atoms with Crippen molar-refractivity contribution in [2.75, 3.05) is 24.9 Å². The van der Waals surface area contributed by atoms with Gasteiger partial charge in [0.15, 0.2) is 5.13 Å². The van der Waals surface area contributed by atoms with Crippen molar-refractivity contribution in [2.45, 2.75) is 13.8 Å². The van der Waals surface area contributed by atoms with E-state index in [2.05, 4.69) is 25.6 Å². The van der Waals surface area contributed by atoms with Crippen molar-refractivity contribution in [3.05, 3.63) is 46.7 Å². The summed E-state index contributed by atoms with van der Waals surface area (Å²) in [5, 5.41) is 8.01. The van der Waals surface area contributed by atoms with Gasteiger partial charge in [-0.15, -0.1) is 11.3 Å². The van der Waals surface area contributed by atoms with Crippen molar-refractivity contribution in [3.63, 3.8) is 0 Å². The third kappa shape index (κ3) is 4.50. The molecule has 8 nitrogen and oxygen atoms in total. The average molecular weight is 385 g/mol. The third-order valence-corrected chi connectivity index (χ3v) is 4.35. The molecule has 0 aliphatic rings. The standard InChI is InChI=1S/C18H19N5O3S/c1-10-7-11(2)20-17(19-10)23-18-22-14(9-27-18)16(24)21-13-8-12(25-3)5-6-15(13)26-4/h5-9H,1-4H3,(H,21,24)(H,19,20,22,23). The summed E-state index contributed by atoms with van der Waals surface area (Å²) in [6.07, 6.45) is 0. The second-order valence-corrected chi connectivity index (χ2v) is 6.52. The molecule has 9 heteroatoms. The maximum atomic E-state index is 12.5. The highest BCUT2D eigenvalue weighted by Gasteiger charge is 2.15. The van der Waals surface area contributed by atoms with Crippen LogP contribution in [0.5, 0.6) is 11.5 Å². The zero-order chi connectivity index (χ0) is 19.4. The van der Waals surface area contributed by atoms with Crippen LogP contribution in [0.1, 0.15) is 21.9 Å². The van der Waals surface area contributed by atoms with Crippen molar-refractivity contribution in [3.8, 4) is 11.5 Å². The predicted octanol–water partition coefficient (Wildman–Crippen LogP) is 3.56. The molecule has 1 aromatic carbocycles. The van der Waals surface area contributed by atoms with Crippen LogP contribution in [0.15, 0.2) is 29.6 Å². The van der Waals surface area contributed by atoms with E-state index in [1.165, 1.54) is 18.4 Å². The van der Waals surface area contributed by atoms with Crippen LogP contribution in [-0.2, 0) is 0 Å². The van der Waals surface area contributed by atoms with Crippen molar-refractivity contribution in [1.82, 2.24) is 15.0 Å². The van der Waals surface area contributed by atoms with Gasteiger partial charge in [0.2, 0.25) is 5.95 Å². The van der Waals surface area contributed by atoms with Gasteiger partial charge in [0.05, 0.1) is 19.9 Å². The Kier molecular flexibility index (Phi) is 5.51. The van der Waals surface area contributed by atoms with E-state index in [4.69, 9.17) is 9.47 Å². The van der Waals surface area contributed by atoms with Crippen LogP contribution >= 0.6 is 11.3 Å². The van der Waals surface area contributed by atoms with Crippen LogP contribution in [0.4, 0.5) is 16.8 Å². The second kappa shape index (κ2) is 8.00. The van der Waals surface area contributed by atoms with Crippen molar-refractivity contribution < 1.29 is 14.3 Å². The summed E-state index contributed by atoms with van der Waals surface area (Å²) in [6, 6.07) is 7.04. The fourth-order valence-corrected chi connectivity index (χ4v) is 3.10.